The van der Waals surface area contributed by atoms with Crippen molar-refractivity contribution in [2.45, 2.75) is 6.54 Å². The second kappa shape index (κ2) is 6.82. The number of hydrogen-bond acceptors (Lipinski definition) is 4. The highest BCUT2D eigenvalue weighted by Crippen LogP contribution is 2.18. The van der Waals surface area contributed by atoms with Gasteiger partial charge in [-0.2, -0.15) is 5.10 Å². The molecule has 0 saturated heterocycles. The highest BCUT2D eigenvalue weighted by molar-refractivity contribution is 5.89. The van der Waals surface area contributed by atoms with Gasteiger partial charge in [0, 0.05) is 17.8 Å². The Labute approximate surface area is 136 Å². The molecule has 0 radical (unpaired) electrons. The molecule has 1 aromatic carbocycles. The summed E-state index contributed by atoms with van der Waals surface area (Å²) in [5, 5.41) is 6.63. The first-order valence-electron chi connectivity index (χ1n) is 7.17. The highest BCUT2D eigenvalue weighted by atomic mass is 19.1. The van der Waals surface area contributed by atoms with Crippen molar-refractivity contribution < 1.29 is 9.18 Å². The SMILES string of the molecule is O=C(Cn1nc(-c2ccccc2F)ccc1=O)Nc1ccccn1. The van der Waals surface area contributed by atoms with Crippen LogP contribution in [0.2, 0.25) is 0 Å². The van der Waals surface area contributed by atoms with Gasteiger partial charge in [-0.1, -0.05) is 18.2 Å². The summed E-state index contributed by atoms with van der Waals surface area (Å²) in [7, 11) is 0. The second-order valence-electron chi connectivity index (χ2n) is 4.96. The predicted molar refractivity (Wildman–Crippen MR) is 86.8 cm³/mol. The van der Waals surface area contributed by atoms with Crippen molar-refractivity contribution >= 4 is 11.7 Å². The van der Waals surface area contributed by atoms with Gasteiger partial charge in [0.05, 0.1) is 5.69 Å². The molecule has 1 N–H and O–H groups in total. The van der Waals surface area contributed by atoms with Crippen molar-refractivity contribution in [3.63, 3.8) is 0 Å². The quantitative estimate of drug-likeness (QED) is 0.797. The monoisotopic (exact) mass is 324 g/mol. The molecule has 6 nitrogen and oxygen atoms in total. The van der Waals surface area contributed by atoms with E-state index in [1.807, 2.05) is 0 Å². The lowest BCUT2D eigenvalue weighted by atomic mass is 10.1. The number of carbonyl (C=O) groups excluding carboxylic acids is 1. The van der Waals surface area contributed by atoms with E-state index in [4.69, 9.17) is 0 Å². The van der Waals surface area contributed by atoms with Gasteiger partial charge in [0.15, 0.2) is 0 Å². The fraction of sp³-hybridized carbons (Fsp3) is 0.0588. The molecule has 0 spiro atoms. The zero-order chi connectivity index (χ0) is 16.9. The van der Waals surface area contributed by atoms with Crippen molar-refractivity contribution in [3.05, 3.63) is 77.0 Å². The Bertz CT molecular complexity index is 925. The maximum atomic E-state index is 13.8. The summed E-state index contributed by atoms with van der Waals surface area (Å²) in [5.74, 6) is -0.525. The number of aromatic nitrogens is 3. The largest absolute Gasteiger partial charge is 0.309 e. The average molecular weight is 324 g/mol. The number of amides is 1. The minimum atomic E-state index is -0.453. The molecule has 0 aliphatic rings. The normalized spacial score (nSPS) is 10.4. The van der Waals surface area contributed by atoms with Crippen LogP contribution < -0.4 is 10.9 Å². The summed E-state index contributed by atoms with van der Waals surface area (Å²) in [5.41, 5.74) is 0.0842. The van der Waals surface area contributed by atoms with E-state index in [9.17, 15) is 14.0 Å². The van der Waals surface area contributed by atoms with E-state index < -0.39 is 17.3 Å². The third kappa shape index (κ3) is 3.52. The predicted octanol–water partition coefficient (Wildman–Crippen LogP) is 2.08. The van der Waals surface area contributed by atoms with Crippen LogP contribution >= 0.6 is 0 Å². The summed E-state index contributed by atoms with van der Waals surface area (Å²) in [4.78, 5) is 27.9. The minimum Gasteiger partial charge on any atom is -0.309 e. The van der Waals surface area contributed by atoms with Crippen molar-refractivity contribution in [2.75, 3.05) is 5.32 Å². The van der Waals surface area contributed by atoms with Crippen LogP contribution in [-0.2, 0) is 11.3 Å². The first-order valence-corrected chi connectivity index (χ1v) is 7.17. The van der Waals surface area contributed by atoms with Gasteiger partial charge < -0.3 is 5.32 Å². The molecule has 0 saturated carbocycles. The Morgan fingerprint density at radius 3 is 2.62 bits per heavy atom. The molecule has 2 aromatic heterocycles. The van der Waals surface area contributed by atoms with Crippen LogP contribution in [0, 0.1) is 5.82 Å². The minimum absolute atomic E-state index is 0.261. The van der Waals surface area contributed by atoms with Gasteiger partial charge in [0.2, 0.25) is 5.91 Å². The van der Waals surface area contributed by atoms with E-state index >= 15 is 0 Å². The van der Waals surface area contributed by atoms with Gasteiger partial charge in [-0.05, 0) is 30.3 Å². The highest BCUT2D eigenvalue weighted by Gasteiger charge is 2.10. The maximum Gasteiger partial charge on any atom is 0.267 e. The van der Waals surface area contributed by atoms with Crippen molar-refractivity contribution in [1.29, 1.82) is 0 Å². The lowest BCUT2D eigenvalue weighted by molar-refractivity contribution is -0.117. The van der Waals surface area contributed by atoms with Crippen LogP contribution in [0.1, 0.15) is 0 Å². The van der Waals surface area contributed by atoms with E-state index in [2.05, 4.69) is 15.4 Å². The molecular weight excluding hydrogens is 311 g/mol. The van der Waals surface area contributed by atoms with Crippen LogP contribution in [0.3, 0.4) is 0 Å². The summed E-state index contributed by atoms with van der Waals surface area (Å²) < 4.78 is 14.8. The molecule has 1 amide bonds. The Morgan fingerprint density at radius 2 is 1.88 bits per heavy atom. The van der Waals surface area contributed by atoms with Gasteiger partial charge >= 0.3 is 0 Å². The number of hydrogen-bond donors (Lipinski definition) is 1. The summed E-state index contributed by atoms with van der Waals surface area (Å²) >= 11 is 0. The van der Waals surface area contributed by atoms with Gasteiger partial charge in [-0.25, -0.2) is 14.1 Å². The second-order valence-corrected chi connectivity index (χ2v) is 4.96. The molecule has 0 fully saturated rings. The molecule has 0 aliphatic heterocycles. The van der Waals surface area contributed by atoms with Crippen molar-refractivity contribution in [3.8, 4) is 11.3 Å². The zero-order valence-electron chi connectivity index (χ0n) is 12.5. The lowest BCUT2D eigenvalue weighted by Gasteiger charge is -2.08. The molecular formula is C17H13FN4O2. The van der Waals surface area contributed by atoms with Gasteiger partial charge in [0.1, 0.15) is 18.2 Å². The Kier molecular flexibility index (Phi) is 4.42. The van der Waals surface area contributed by atoms with Crippen molar-refractivity contribution in [2.24, 2.45) is 0 Å². The van der Waals surface area contributed by atoms with Gasteiger partial charge in [0.25, 0.3) is 5.56 Å². The van der Waals surface area contributed by atoms with Crippen LogP contribution in [0.4, 0.5) is 10.2 Å². The van der Waals surface area contributed by atoms with Crippen LogP contribution in [0.15, 0.2) is 65.6 Å². The molecule has 0 unspecified atom stereocenters. The Balaban J connectivity index is 1.83. The standard InChI is InChI=1S/C17H13FN4O2/c18-13-6-2-1-5-12(13)14-8-9-17(24)22(21-14)11-16(23)20-15-7-3-4-10-19-15/h1-10H,11H2,(H,19,20,23). The van der Waals surface area contributed by atoms with E-state index in [0.29, 0.717) is 5.82 Å². The molecule has 0 atom stereocenters. The fourth-order valence-corrected chi connectivity index (χ4v) is 2.13. The molecule has 3 aromatic rings. The molecule has 7 heteroatoms. The van der Waals surface area contributed by atoms with E-state index in [1.54, 1.807) is 42.6 Å². The number of carbonyl (C=O) groups is 1. The van der Waals surface area contributed by atoms with Crippen LogP contribution in [-0.4, -0.2) is 20.7 Å². The first kappa shape index (κ1) is 15.5. The number of nitrogens with zero attached hydrogens (tertiary/aromatic N) is 3. The zero-order valence-corrected chi connectivity index (χ0v) is 12.5. The molecule has 3 rings (SSSR count). The van der Waals surface area contributed by atoms with E-state index in [-0.39, 0.29) is 17.8 Å². The third-order valence-electron chi connectivity index (χ3n) is 3.24. The Hall–Kier alpha value is -3.35. The number of rotatable bonds is 4. The molecule has 2 heterocycles. The van der Waals surface area contributed by atoms with Gasteiger partial charge in [-0.3, -0.25) is 9.59 Å². The molecule has 120 valence electrons. The topological polar surface area (TPSA) is 76.9 Å². The summed E-state index contributed by atoms with van der Waals surface area (Å²) in [6.45, 7) is -0.294. The number of halogens is 1. The number of anilines is 1. The number of nitrogens with one attached hydrogen (secondary N) is 1. The van der Waals surface area contributed by atoms with E-state index in [0.717, 1.165) is 4.68 Å². The van der Waals surface area contributed by atoms with Crippen LogP contribution in [0.25, 0.3) is 11.3 Å². The molecule has 0 aliphatic carbocycles. The Morgan fingerprint density at radius 1 is 1.08 bits per heavy atom. The fourth-order valence-electron chi connectivity index (χ4n) is 2.13. The van der Waals surface area contributed by atoms with Gasteiger partial charge in [-0.15, -0.1) is 0 Å². The first-order chi connectivity index (χ1) is 11.6. The molecule has 0 bridgehead atoms. The van der Waals surface area contributed by atoms with Crippen LogP contribution in [0.5, 0.6) is 0 Å². The van der Waals surface area contributed by atoms with E-state index in [1.165, 1.54) is 18.2 Å². The third-order valence-corrected chi connectivity index (χ3v) is 3.24. The maximum absolute atomic E-state index is 13.8. The average Bonchev–Trinajstić information content (AvgIpc) is 2.58. The number of pyridine rings is 1. The summed E-state index contributed by atoms with van der Waals surface area (Å²) in [6.07, 6.45) is 1.54. The lowest BCUT2D eigenvalue weighted by Crippen LogP contribution is -2.29. The number of benzene rings is 1. The molecule has 24 heavy (non-hydrogen) atoms. The summed E-state index contributed by atoms with van der Waals surface area (Å²) in [6, 6.07) is 13.9. The van der Waals surface area contributed by atoms with Crippen molar-refractivity contribution in [1.82, 2.24) is 14.8 Å². The smallest absolute Gasteiger partial charge is 0.267 e.